The van der Waals surface area contributed by atoms with Gasteiger partial charge in [0.15, 0.2) is 0 Å². The van der Waals surface area contributed by atoms with Crippen LogP contribution < -0.4 is 19.5 Å². The summed E-state index contributed by atoms with van der Waals surface area (Å²) >= 11 is 0. The first kappa shape index (κ1) is 23.9. The van der Waals surface area contributed by atoms with Crippen LogP contribution in [0.3, 0.4) is 0 Å². The molecule has 0 aliphatic heterocycles. The van der Waals surface area contributed by atoms with Gasteiger partial charge in [0.05, 0.1) is 18.4 Å². The van der Waals surface area contributed by atoms with Crippen LogP contribution in [0.1, 0.15) is 15.9 Å². The van der Waals surface area contributed by atoms with Gasteiger partial charge in [-0.05, 0) is 35.9 Å². The largest absolute Gasteiger partial charge is 0.573 e. The molecule has 3 aromatic carbocycles. The van der Waals surface area contributed by atoms with E-state index in [0.717, 1.165) is 17.7 Å². The van der Waals surface area contributed by atoms with Crippen molar-refractivity contribution < 1.29 is 35.9 Å². The number of anilines is 1. The maximum Gasteiger partial charge on any atom is 0.573 e. The summed E-state index contributed by atoms with van der Waals surface area (Å²) in [5.41, 5.74) is 0.584. The second-order valence-corrected chi connectivity index (χ2v) is 8.33. The van der Waals surface area contributed by atoms with E-state index >= 15 is 0 Å². The summed E-state index contributed by atoms with van der Waals surface area (Å²) in [4.78, 5) is 12.1. The summed E-state index contributed by atoms with van der Waals surface area (Å²) < 4.78 is 75.0. The van der Waals surface area contributed by atoms with Gasteiger partial charge >= 0.3 is 6.36 Å². The minimum Gasteiger partial charge on any atom is -0.497 e. The van der Waals surface area contributed by atoms with E-state index < -0.39 is 32.9 Å². The Morgan fingerprint density at radius 2 is 1.64 bits per heavy atom. The van der Waals surface area contributed by atoms with E-state index in [2.05, 4.69) is 14.8 Å². The molecule has 0 radical (unpaired) electrons. The number of benzene rings is 3. The Morgan fingerprint density at radius 3 is 2.30 bits per heavy atom. The number of carbonyl (C=O) groups excluding carboxylic acids is 1. The van der Waals surface area contributed by atoms with E-state index in [9.17, 15) is 26.4 Å². The van der Waals surface area contributed by atoms with Crippen LogP contribution in [-0.4, -0.2) is 27.8 Å². The molecule has 1 amide bonds. The second kappa shape index (κ2) is 9.82. The number of sulfonamides is 1. The lowest BCUT2D eigenvalue weighted by molar-refractivity contribution is -0.275. The van der Waals surface area contributed by atoms with Crippen LogP contribution in [0.25, 0.3) is 0 Å². The highest BCUT2D eigenvalue weighted by Gasteiger charge is 2.34. The Bertz CT molecular complexity index is 1230. The number of hydrogen-bond donors (Lipinski definition) is 2. The van der Waals surface area contributed by atoms with Crippen LogP contribution in [0.5, 0.6) is 11.5 Å². The van der Waals surface area contributed by atoms with E-state index in [-0.39, 0.29) is 23.5 Å². The summed E-state index contributed by atoms with van der Waals surface area (Å²) in [6.07, 6.45) is -5.09. The van der Waals surface area contributed by atoms with Gasteiger partial charge in [-0.15, -0.1) is 13.2 Å². The molecule has 11 heteroatoms. The minimum atomic E-state index is -5.09. The Hall–Kier alpha value is -3.73. The first-order valence-corrected chi connectivity index (χ1v) is 10.9. The van der Waals surface area contributed by atoms with Crippen LogP contribution in [-0.2, 0) is 16.6 Å². The average molecular weight is 480 g/mol. The number of nitrogens with one attached hydrogen (secondary N) is 2. The highest BCUT2D eigenvalue weighted by Crippen LogP contribution is 2.32. The van der Waals surface area contributed by atoms with Gasteiger partial charge in [0.1, 0.15) is 16.4 Å². The summed E-state index contributed by atoms with van der Waals surface area (Å²) in [7, 11) is -3.18. The molecular weight excluding hydrogens is 461 g/mol. The molecule has 0 aromatic heterocycles. The summed E-state index contributed by atoms with van der Waals surface area (Å²) in [5, 5.41) is 2.67. The molecule has 0 saturated heterocycles. The van der Waals surface area contributed by atoms with Crippen molar-refractivity contribution in [1.29, 1.82) is 0 Å². The van der Waals surface area contributed by atoms with Crippen molar-refractivity contribution in [1.82, 2.24) is 5.32 Å². The number of halogens is 3. The number of ether oxygens (including phenoxy) is 2. The number of para-hydroxylation sites is 1. The highest BCUT2D eigenvalue weighted by molar-refractivity contribution is 7.92. The molecule has 0 fully saturated rings. The third-order valence-corrected chi connectivity index (χ3v) is 5.78. The van der Waals surface area contributed by atoms with E-state index in [4.69, 9.17) is 4.74 Å². The van der Waals surface area contributed by atoms with Gasteiger partial charge < -0.3 is 14.8 Å². The maximum atomic E-state index is 12.9. The average Bonchev–Trinajstić information content (AvgIpc) is 2.77. The number of rotatable bonds is 8. The SMILES string of the molecule is COc1ccc(NS(=O)(=O)c2ccccc2OC(F)(F)F)c(C(=O)NCc2ccccc2)c1. The molecule has 33 heavy (non-hydrogen) atoms. The predicted octanol–water partition coefficient (Wildman–Crippen LogP) is 4.32. The molecule has 2 N–H and O–H groups in total. The predicted molar refractivity (Wildman–Crippen MR) is 115 cm³/mol. The number of carbonyl (C=O) groups is 1. The quantitative estimate of drug-likeness (QED) is 0.501. The van der Waals surface area contributed by atoms with Crippen molar-refractivity contribution in [3.05, 3.63) is 83.9 Å². The van der Waals surface area contributed by atoms with Gasteiger partial charge in [-0.25, -0.2) is 8.42 Å². The zero-order valence-electron chi connectivity index (χ0n) is 17.2. The lowest BCUT2D eigenvalue weighted by Crippen LogP contribution is -2.25. The van der Waals surface area contributed by atoms with E-state index in [1.807, 2.05) is 6.07 Å². The number of alkyl halides is 3. The van der Waals surface area contributed by atoms with Gasteiger partial charge in [-0.3, -0.25) is 9.52 Å². The van der Waals surface area contributed by atoms with Crippen molar-refractivity contribution >= 4 is 21.6 Å². The Kier molecular flexibility index (Phi) is 7.12. The topological polar surface area (TPSA) is 93.7 Å². The number of hydrogen-bond acceptors (Lipinski definition) is 5. The standard InChI is InChI=1S/C22H19F3N2O5S/c1-31-16-11-12-18(17(13-16)21(28)26-14-15-7-3-2-4-8-15)27-33(29,30)20-10-6-5-9-19(20)32-22(23,24)25/h2-13,27H,14H2,1H3,(H,26,28). The Morgan fingerprint density at radius 1 is 0.970 bits per heavy atom. The van der Waals surface area contributed by atoms with Gasteiger partial charge in [-0.2, -0.15) is 0 Å². The van der Waals surface area contributed by atoms with Crippen LogP contribution in [0.15, 0.2) is 77.7 Å². The zero-order chi connectivity index (χ0) is 24.1. The summed E-state index contributed by atoms with van der Waals surface area (Å²) in [6, 6.07) is 17.3. The lowest BCUT2D eigenvalue weighted by atomic mass is 10.1. The Labute approximate surface area is 188 Å². The normalized spacial score (nSPS) is 11.5. The third-order valence-electron chi connectivity index (χ3n) is 4.38. The molecule has 0 spiro atoms. The molecule has 7 nitrogen and oxygen atoms in total. The molecule has 0 bridgehead atoms. The molecular formula is C22H19F3N2O5S. The molecule has 0 unspecified atom stereocenters. The fraction of sp³-hybridized carbons (Fsp3) is 0.136. The van der Waals surface area contributed by atoms with Crippen molar-refractivity contribution in [2.45, 2.75) is 17.8 Å². The third kappa shape index (κ3) is 6.39. The van der Waals surface area contributed by atoms with E-state index in [1.54, 1.807) is 24.3 Å². The van der Waals surface area contributed by atoms with Gasteiger partial charge in [0, 0.05) is 6.54 Å². The fourth-order valence-corrected chi connectivity index (χ4v) is 4.09. The first-order valence-electron chi connectivity index (χ1n) is 9.47. The lowest BCUT2D eigenvalue weighted by Gasteiger charge is -2.16. The maximum absolute atomic E-state index is 12.9. The molecule has 0 atom stereocenters. The molecule has 0 aliphatic carbocycles. The van der Waals surface area contributed by atoms with Crippen molar-refractivity contribution in [3.63, 3.8) is 0 Å². The van der Waals surface area contributed by atoms with Crippen molar-refractivity contribution in [2.24, 2.45) is 0 Å². The smallest absolute Gasteiger partial charge is 0.497 e. The molecule has 174 valence electrons. The van der Waals surface area contributed by atoms with Gasteiger partial charge in [-0.1, -0.05) is 42.5 Å². The number of methoxy groups -OCH3 is 1. The van der Waals surface area contributed by atoms with Crippen LogP contribution >= 0.6 is 0 Å². The molecule has 3 aromatic rings. The van der Waals surface area contributed by atoms with Gasteiger partial charge in [0.2, 0.25) is 0 Å². The zero-order valence-corrected chi connectivity index (χ0v) is 18.0. The van der Waals surface area contributed by atoms with Crippen molar-refractivity contribution in [2.75, 3.05) is 11.8 Å². The van der Waals surface area contributed by atoms with Crippen LogP contribution in [0.2, 0.25) is 0 Å². The summed E-state index contributed by atoms with van der Waals surface area (Å²) in [6.45, 7) is 0.172. The summed E-state index contributed by atoms with van der Waals surface area (Å²) in [5.74, 6) is -1.24. The highest BCUT2D eigenvalue weighted by atomic mass is 32.2. The monoisotopic (exact) mass is 480 g/mol. The molecule has 0 heterocycles. The van der Waals surface area contributed by atoms with E-state index in [0.29, 0.717) is 0 Å². The van der Waals surface area contributed by atoms with Crippen LogP contribution in [0, 0.1) is 0 Å². The molecule has 3 rings (SSSR count). The fourth-order valence-electron chi connectivity index (χ4n) is 2.88. The van der Waals surface area contributed by atoms with E-state index in [1.165, 1.54) is 37.4 Å². The number of amides is 1. The molecule has 0 aliphatic rings. The van der Waals surface area contributed by atoms with Crippen molar-refractivity contribution in [3.8, 4) is 11.5 Å². The second-order valence-electron chi connectivity index (χ2n) is 6.68. The minimum absolute atomic E-state index is 0.0805. The Balaban J connectivity index is 1.91. The van der Waals surface area contributed by atoms with Crippen LogP contribution in [0.4, 0.5) is 18.9 Å². The van der Waals surface area contributed by atoms with Gasteiger partial charge in [0.25, 0.3) is 15.9 Å². The first-order chi connectivity index (χ1) is 15.6. The molecule has 0 saturated carbocycles.